The van der Waals surface area contributed by atoms with Gasteiger partial charge in [-0.1, -0.05) is 231 Å². The number of anilines is 3. The van der Waals surface area contributed by atoms with Crippen LogP contribution in [0.25, 0.3) is 33.4 Å². The molecular weight excluding hydrogens is 759 g/mol. The molecule has 0 aliphatic heterocycles. The van der Waals surface area contributed by atoms with Crippen molar-refractivity contribution in [2.24, 2.45) is 0 Å². The minimum absolute atomic E-state index is 0.539. The molecule has 0 saturated carbocycles. The molecule has 0 atom stereocenters. The van der Waals surface area contributed by atoms with Gasteiger partial charge in [-0.2, -0.15) is 0 Å². The molecule has 0 saturated heterocycles. The van der Waals surface area contributed by atoms with Crippen molar-refractivity contribution < 1.29 is 0 Å². The van der Waals surface area contributed by atoms with Gasteiger partial charge in [0, 0.05) is 16.9 Å². The number of fused-ring (bicyclic) bond motifs is 9. The van der Waals surface area contributed by atoms with E-state index in [2.05, 4.69) is 266 Å². The summed E-state index contributed by atoms with van der Waals surface area (Å²) in [6, 6.07) is 96.5. The van der Waals surface area contributed by atoms with Crippen molar-refractivity contribution in [2.75, 3.05) is 4.90 Å². The number of benzene rings is 10. The van der Waals surface area contributed by atoms with Crippen LogP contribution in [0.1, 0.15) is 44.5 Å². The van der Waals surface area contributed by atoms with Crippen LogP contribution in [-0.4, -0.2) is 0 Å². The van der Waals surface area contributed by atoms with Crippen molar-refractivity contribution in [3.8, 4) is 33.4 Å². The standard InChI is InChI=1S/C62H43N/c1-5-21-44(22-6-1)45-37-39-49(40-38-45)63(60-36-20-14-29-51(60)46-23-7-2-8-24-46)50-41-42-55-53(43-50)52-30-13-15-31-54(52)62(55)58-34-18-16-32-56(58)61(47-25-9-3-10-26-47,48-27-11-4-12-28-48)57-33-17-19-35-59(57)62/h1-43H. The van der Waals surface area contributed by atoms with E-state index in [-0.39, 0.29) is 0 Å². The zero-order chi connectivity index (χ0) is 41.8. The van der Waals surface area contributed by atoms with Crippen LogP contribution in [-0.2, 0) is 10.8 Å². The first-order valence-corrected chi connectivity index (χ1v) is 21.9. The van der Waals surface area contributed by atoms with Gasteiger partial charge in [-0.05, 0) is 103 Å². The SMILES string of the molecule is c1ccc(-c2ccc(N(c3ccc4c(c3)-c3ccccc3C43c4ccccc4C(c4ccccc4)(c4ccccc4)c4ccccc43)c3ccccc3-c3ccccc3)cc2)cc1. The topological polar surface area (TPSA) is 3.24 Å². The normalized spacial score (nSPS) is 13.7. The lowest BCUT2D eigenvalue weighted by Gasteiger charge is -2.50. The lowest BCUT2D eigenvalue weighted by molar-refractivity contribution is 0.623. The predicted octanol–water partition coefficient (Wildman–Crippen LogP) is 15.5. The summed E-state index contributed by atoms with van der Waals surface area (Å²) in [7, 11) is 0. The highest BCUT2D eigenvalue weighted by atomic mass is 15.1. The minimum atomic E-state index is -0.561. The zero-order valence-corrected chi connectivity index (χ0v) is 34.8. The van der Waals surface area contributed by atoms with Gasteiger partial charge in [-0.15, -0.1) is 0 Å². The Labute approximate surface area is 369 Å². The number of para-hydroxylation sites is 1. The summed E-state index contributed by atoms with van der Waals surface area (Å²) in [5.41, 5.74) is 19.9. The quantitative estimate of drug-likeness (QED) is 0.155. The van der Waals surface area contributed by atoms with Crippen LogP contribution >= 0.6 is 0 Å². The molecule has 0 fully saturated rings. The smallest absolute Gasteiger partial charge is 0.0720 e. The Morgan fingerprint density at radius 1 is 0.238 bits per heavy atom. The van der Waals surface area contributed by atoms with E-state index < -0.39 is 10.8 Å². The van der Waals surface area contributed by atoms with E-state index in [1.54, 1.807) is 0 Å². The van der Waals surface area contributed by atoms with E-state index in [1.165, 1.54) is 77.9 Å². The third kappa shape index (κ3) is 5.50. The lowest BCUT2D eigenvalue weighted by atomic mass is 9.51. The molecule has 1 spiro atoms. The van der Waals surface area contributed by atoms with Crippen LogP contribution in [0, 0.1) is 0 Å². The van der Waals surface area contributed by atoms with E-state index in [9.17, 15) is 0 Å². The van der Waals surface area contributed by atoms with Crippen LogP contribution < -0.4 is 4.90 Å². The lowest BCUT2D eigenvalue weighted by Crippen LogP contribution is -2.44. The van der Waals surface area contributed by atoms with E-state index in [1.807, 2.05) is 0 Å². The molecule has 63 heavy (non-hydrogen) atoms. The summed E-state index contributed by atoms with van der Waals surface area (Å²) in [5.74, 6) is 0. The molecule has 0 N–H and O–H groups in total. The Balaban J connectivity index is 1.12. The molecule has 0 heterocycles. The van der Waals surface area contributed by atoms with Gasteiger partial charge in [0.25, 0.3) is 0 Å². The fraction of sp³-hybridized carbons (Fsp3) is 0.0323. The van der Waals surface area contributed by atoms with Gasteiger partial charge >= 0.3 is 0 Å². The number of hydrogen-bond donors (Lipinski definition) is 0. The van der Waals surface area contributed by atoms with Crippen molar-refractivity contribution in [3.63, 3.8) is 0 Å². The van der Waals surface area contributed by atoms with Crippen LogP contribution in [0.15, 0.2) is 261 Å². The molecule has 0 unspecified atom stereocenters. The molecule has 12 rings (SSSR count). The largest absolute Gasteiger partial charge is 0.310 e. The Morgan fingerprint density at radius 2 is 0.635 bits per heavy atom. The van der Waals surface area contributed by atoms with Crippen molar-refractivity contribution >= 4 is 17.1 Å². The molecular formula is C62H43N. The van der Waals surface area contributed by atoms with E-state index in [4.69, 9.17) is 0 Å². The molecule has 10 aromatic carbocycles. The fourth-order valence-corrected chi connectivity index (χ4v) is 11.1. The van der Waals surface area contributed by atoms with Crippen LogP contribution in [0.2, 0.25) is 0 Å². The Bertz CT molecular complexity index is 3170. The van der Waals surface area contributed by atoms with E-state index in [0.717, 1.165) is 17.1 Å². The first-order chi connectivity index (χ1) is 31.3. The zero-order valence-electron chi connectivity index (χ0n) is 34.8. The average Bonchev–Trinajstić information content (AvgIpc) is 3.66. The van der Waals surface area contributed by atoms with Gasteiger partial charge in [-0.25, -0.2) is 0 Å². The Morgan fingerprint density at radius 3 is 1.21 bits per heavy atom. The van der Waals surface area contributed by atoms with E-state index >= 15 is 0 Å². The van der Waals surface area contributed by atoms with Gasteiger partial charge in [-0.3, -0.25) is 0 Å². The predicted molar refractivity (Wildman–Crippen MR) is 261 cm³/mol. The monoisotopic (exact) mass is 801 g/mol. The maximum absolute atomic E-state index is 2.46. The third-order valence-electron chi connectivity index (χ3n) is 13.6. The average molecular weight is 802 g/mol. The second kappa shape index (κ2) is 14.9. The van der Waals surface area contributed by atoms with Gasteiger partial charge < -0.3 is 4.90 Å². The summed E-state index contributed by atoms with van der Waals surface area (Å²) in [4.78, 5) is 2.45. The van der Waals surface area contributed by atoms with Gasteiger partial charge in [0.2, 0.25) is 0 Å². The maximum Gasteiger partial charge on any atom is 0.0720 e. The van der Waals surface area contributed by atoms with Crippen LogP contribution in [0.3, 0.4) is 0 Å². The number of rotatable bonds is 7. The first kappa shape index (κ1) is 36.8. The Kier molecular flexibility index (Phi) is 8.69. The van der Waals surface area contributed by atoms with Crippen molar-refractivity contribution in [3.05, 3.63) is 305 Å². The van der Waals surface area contributed by atoms with Crippen molar-refractivity contribution in [1.29, 1.82) is 0 Å². The molecule has 1 nitrogen and oxygen atoms in total. The van der Waals surface area contributed by atoms with Crippen molar-refractivity contribution in [1.82, 2.24) is 0 Å². The summed E-state index contributed by atoms with van der Waals surface area (Å²) in [6.07, 6.45) is 0. The highest BCUT2D eigenvalue weighted by molar-refractivity contribution is 5.94. The van der Waals surface area contributed by atoms with E-state index in [0.29, 0.717) is 0 Å². The molecule has 0 amide bonds. The maximum atomic E-state index is 2.46. The van der Waals surface area contributed by atoms with Gasteiger partial charge in [0.15, 0.2) is 0 Å². The van der Waals surface area contributed by atoms with Gasteiger partial charge in [0.1, 0.15) is 0 Å². The Hall–Kier alpha value is -8.00. The minimum Gasteiger partial charge on any atom is -0.310 e. The summed E-state index contributed by atoms with van der Waals surface area (Å²) >= 11 is 0. The second-order valence-electron chi connectivity index (χ2n) is 16.7. The highest BCUT2D eigenvalue weighted by Gasteiger charge is 2.56. The molecule has 0 aromatic heterocycles. The third-order valence-corrected chi connectivity index (χ3v) is 13.6. The first-order valence-electron chi connectivity index (χ1n) is 21.9. The molecule has 2 aliphatic rings. The molecule has 296 valence electrons. The number of hydrogen-bond acceptors (Lipinski definition) is 1. The van der Waals surface area contributed by atoms with Crippen LogP contribution in [0.4, 0.5) is 17.1 Å². The highest BCUT2D eigenvalue weighted by Crippen LogP contribution is 2.65. The molecule has 2 aliphatic carbocycles. The van der Waals surface area contributed by atoms with Gasteiger partial charge in [0.05, 0.1) is 16.5 Å². The van der Waals surface area contributed by atoms with Crippen molar-refractivity contribution in [2.45, 2.75) is 10.8 Å². The fourth-order valence-electron chi connectivity index (χ4n) is 11.1. The molecule has 0 radical (unpaired) electrons. The molecule has 1 heteroatoms. The molecule has 0 bridgehead atoms. The second-order valence-corrected chi connectivity index (χ2v) is 16.7. The summed E-state index contributed by atoms with van der Waals surface area (Å²) < 4.78 is 0. The summed E-state index contributed by atoms with van der Waals surface area (Å²) in [5, 5.41) is 0. The number of nitrogens with zero attached hydrogens (tertiary/aromatic N) is 1. The molecule has 10 aromatic rings. The summed E-state index contributed by atoms with van der Waals surface area (Å²) in [6.45, 7) is 0. The van der Waals surface area contributed by atoms with Crippen LogP contribution in [0.5, 0.6) is 0 Å².